The zero-order chi connectivity index (χ0) is 22.4. The second-order valence-electron chi connectivity index (χ2n) is 6.00. The molecule has 0 saturated heterocycles. The number of carbonyl (C=O) groups excluding carboxylic acids is 2. The molecule has 0 saturated carbocycles. The topological polar surface area (TPSA) is 104 Å². The normalized spacial score (nSPS) is 10.8. The fourth-order valence-electron chi connectivity index (χ4n) is 2.45. The molecule has 1 aromatic carbocycles. The third-order valence-electron chi connectivity index (χ3n) is 3.85. The molecule has 0 aliphatic rings. The van der Waals surface area contributed by atoms with Crippen molar-refractivity contribution in [2.24, 2.45) is 0 Å². The summed E-state index contributed by atoms with van der Waals surface area (Å²) in [5, 5.41) is 16.0. The maximum Gasteiger partial charge on any atom is 0.416 e. The molecule has 0 aliphatic heterocycles. The Kier molecular flexibility index (Phi) is 6.52. The number of pyridine rings is 1. The van der Waals surface area contributed by atoms with E-state index < -0.39 is 30.2 Å². The highest BCUT2D eigenvalue weighted by atomic mass is 32.1. The lowest BCUT2D eigenvalue weighted by atomic mass is 10.2. The van der Waals surface area contributed by atoms with Crippen LogP contribution in [0.2, 0.25) is 0 Å². The number of alkyl halides is 3. The Balaban J connectivity index is 1.68. The summed E-state index contributed by atoms with van der Waals surface area (Å²) >= 11 is 1.14. The number of anilines is 3. The van der Waals surface area contributed by atoms with Gasteiger partial charge in [-0.3, -0.25) is 4.79 Å². The third kappa shape index (κ3) is 5.58. The van der Waals surface area contributed by atoms with Crippen LogP contribution in [0.5, 0.6) is 0 Å². The average molecular weight is 446 g/mol. The van der Waals surface area contributed by atoms with Crippen molar-refractivity contribution in [1.29, 1.82) is 5.26 Å². The first-order valence-corrected chi connectivity index (χ1v) is 9.50. The minimum absolute atomic E-state index is 0.0303. The van der Waals surface area contributed by atoms with Crippen LogP contribution in [0, 0.1) is 11.3 Å². The fourth-order valence-corrected chi connectivity index (χ4v) is 3.20. The van der Waals surface area contributed by atoms with Gasteiger partial charge in [-0.05, 0) is 41.8 Å². The van der Waals surface area contributed by atoms with Gasteiger partial charge in [0, 0.05) is 11.9 Å². The number of hydrogen-bond donors (Lipinski definition) is 2. The summed E-state index contributed by atoms with van der Waals surface area (Å²) in [5.41, 5.74) is -0.576. The summed E-state index contributed by atoms with van der Waals surface area (Å²) in [5.74, 6) is -1.58. The van der Waals surface area contributed by atoms with Gasteiger partial charge in [-0.25, -0.2) is 9.78 Å². The second-order valence-corrected chi connectivity index (χ2v) is 6.92. The van der Waals surface area contributed by atoms with Crippen molar-refractivity contribution in [1.82, 2.24) is 4.98 Å². The average Bonchev–Trinajstić information content (AvgIpc) is 3.19. The van der Waals surface area contributed by atoms with Crippen LogP contribution in [-0.4, -0.2) is 23.5 Å². The van der Waals surface area contributed by atoms with Gasteiger partial charge in [-0.15, -0.1) is 11.3 Å². The summed E-state index contributed by atoms with van der Waals surface area (Å²) in [4.78, 5) is 28.4. The highest BCUT2D eigenvalue weighted by molar-refractivity contribution is 7.14. The molecular weight excluding hydrogens is 433 g/mol. The molecule has 3 aromatic rings. The van der Waals surface area contributed by atoms with Crippen LogP contribution in [0.15, 0.2) is 54.0 Å². The highest BCUT2D eigenvalue weighted by Crippen LogP contribution is 2.31. The van der Waals surface area contributed by atoms with Crippen LogP contribution in [0.3, 0.4) is 0 Å². The first-order valence-electron chi connectivity index (χ1n) is 8.62. The number of rotatable bonds is 6. The molecule has 0 radical (unpaired) electrons. The number of nitrogens with zero attached hydrogens (tertiary/aromatic N) is 2. The molecule has 1 amide bonds. The zero-order valence-corrected chi connectivity index (χ0v) is 16.4. The van der Waals surface area contributed by atoms with E-state index in [0.717, 1.165) is 23.5 Å². The molecule has 0 unspecified atom stereocenters. The number of nitrogens with one attached hydrogen (secondary N) is 2. The van der Waals surface area contributed by atoms with Crippen LogP contribution < -0.4 is 10.6 Å². The van der Waals surface area contributed by atoms with E-state index in [-0.39, 0.29) is 22.6 Å². The van der Waals surface area contributed by atoms with Gasteiger partial charge in [0.05, 0.1) is 11.1 Å². The number of aromatic nitrogens is 1. The smallest absolute Gasteiger partial charge is 0.416 e. The third-order valence-corrected chi connectivity index (χ3v) is 4.68. The van der Waals surface area contributed by atoms with Gasteiger partial charge in [0.15, 0.2) is 6.61 Å². The van der Waals surface area contributed by atoms with E-state index in [2.05, 4.69) is 15.6 Å². The predicted octanol–water partition coefficient (Wildman–Crippen LogP) is 4.57. The van der Waals surface area contributed by atoms with Gasteiger partial charge in [0.1, 0.15) is 22.5 Å². The number of thiophene rings is 1. The number of carbonyl (C=O) groups is 2. The Morgan fingerprint density at radius 2 is 2.00 bits per heavy atom. The molecule has 31 heavy (non-hydrogen) atoms. The van der Waals surface area contributed by atoms with Gasteiger partial charge in [-0.1, -0.05) is 6.07 Å². The van der Waals surface area contributed by atoms with Gasteiger partial charge in [0.25, 0.3) is 5.91 Å². The van der Waals surface area contributed by atoms with E-state index in [1.54, 1.807) is 5.38 Å². The number of hydrogen-bond acceptors (Lipinski definition) is 7. The maximum absolute atomic E-state index is 12.9. The molecule has 7 nitrogen and oxygen atoms in total. The van der Waals surface area contributed by atoms with Crippen molar-refractivity contribution in [2.75, 3.05) is 17.2 Å². The fraction of sp³-hybridized carbons (Fsp3) is 0.100. The molecule has 2 aromatic heterocycles. The van der Waals surface area contributed by atoms with Crippen molar-refractivity contribution in [3.05, 3.63) is 70.7 Å². The summed E-state index contributed by atoms with van der Waals surface area (Å²) in [6.07, 6.45) is -3.18. The monoisotopic (exact) mass is 446 g/mol. The molecule has 0 fully saturated rings. The molecule has 2 heterocycles. The van der Waals surface area contributed by atoms with Crippen LogP contribution in [0.4, 0.5) is 29.7 Å². The molecule has 2 N–H and O–H groups in total. The second kappa shape index (κ2) is 9.27. The van der Waals surface area contributed by atoms with Crippen molar-refractivity contribution in [2.45, 2.75) is 6.18 Å². The van der Waals surface area contributed by atoms with E-state index in [9.17, 15) is 22.8 Å². The highest BCUT2D eigenvalue weighted by Gasteiger charge is 2.30. The lowest BCUT2D eigenvalue weighted by molar-refractivity contribution is -0.137. The summed E-state index contributed by atoms with van der Waals surface area (Å²) in [6, 6.07) is 10.7. The van der Waals surface area contributed by atoms with Gasteiger partial charge < -0.3 is 15.4 Å². The van der Waals surface area contributed by atoms with E-state index in [1.165, 1.54) is 36.5 Å². The van der Waals surface area contributed by atoms with Gasteiger partial charge in [0.2, 0.25) is 0 Å². The van der Waals surface area contributed by atoms with Crippen molar-refractivity contribution < 1.29 is 27.5 Å². The maximum atomic E-state index is 12.9. The SMILES string of the molecule is N#Cc1ccsc1NC(=O)COC(=O)c1cccnc1Nc1cccc(C(F)(F)F)c1. The molecule has 0 spiro atoms. The Labute approximate surface area is 178 Å². The number of esters is 1. The number of ether oxygens (including phenoxy) is 1. The van der Waals surface area contributed by atoms with E-state index in [4.69, 9.17) is 10.00 Å². The Hall–Kier alpha value is -3.91. The summed E-state index contributed by atoms with van der Waals surface area (Å²) in [7, 11) is 0. The summed E-state index contributed by atoms with van der Waals surface area (Å²) in [6.45, 7) is -0.626. The molecule has 0 bridgehead atoms. The number of amides is 1. The lowest BCUT2D eigenvalue weighted by Gasteiger charge is -2.12. The Bertz CT molecular complexity index is 1150. The molecule has 3 rings (SSSR count). The van der Waals surface area contributed by atoms with Crippen LogP contribution >= 0.6 is 11.3 Å². The standard InChI is InChI=1S/C20H13F3N4O3S/c21-20(22,23)13-3-1-4-14(9-13)26-17-15(5-2-7-25-17)19(29)30-11-16(28)27-18-12(10-24)6-8-31-18/h1-9H,11H2,(H,25,26)(H,27,28). The van der Waals surface area contributed by atoms with E-state index >= 15 is 0 Å². The molecule has 11 heteroatoms. The Morgan fingerprint density at radius 3 is 2.74 bits per heavy atom. The van der Waals surface area contributed by atoms with E-state index in [1.807, 2.05) is 6.07 Å². The zero-order valence-electron chi connectivity index (χ0n) is 15.6. The molecule has 158 valence electrons. The van der Waals surface area contributed by atoms with Crippen LogP contribution in [-0.2, 0) is 15.7 Å². The quantitative estimate of drug-likeness (QED) is 0.538. The number of halogens is 3. The molecular formula is C20H13F3N4O3S. The van der Waals surface area contributed by atoms with Crippen molar-refractivity contribution in [3.63, 3.8) is 0 Å². The molecule has 0 atom stereocenters. The summed E-state index contributed by atoms with van der Waals surface area (Å²) < 4.78 is 43.7. The Morgan fingerprint density at radius 1 is 1.19 bits per heavy atom. The molecule has 0 aliphatic carbocycles. The van der Waals surface area contributed by atoms with E-state index in [0.29, 0.717) is 5.00 Å². The first kappa shape index (κ1) is 21.8. The van der Waals surface area contributed by atoms with Crippen LogP contribution in [0.1, 0.15) is 21.5 Å². The minimum Gasteiger partial charge on any atom is -0.452 e. The van der Waals surface area contributed by atoms with Crippen molar-refractivity contribution >= 4 is 39.7 Å². The minimum atomic E-state index is -4.52. The van der Waals surface area contributed by atoms with Crippen molar-refractivity contribution in [3.8, 4) is 6.07 Å². The number of nitriles is 1. The van der Waals surface area contributed by atoms with Gasteiger partial charge >= 0.3 is 12.1 Å². The van der Waals surface area contributed by atoms with Gasteiger partial charge in [-0.2, -0.15) is 18.4 Å². The van der Waals surface area contributed by atoms with Crippen LogP contribution in [0.25, 0.3) is 0 Å². The lowest BCUT2D eigenvalue weighted by Crippen LogP contribution is -2.21. The number of benzene rings is 1. The first-order chi connectivity index (χ1) is 14.8. The predicted molar refractivity (Wildman–Crippen MR) is 107 cm³/mol. The largest absolute Gasteiger partial charge is 0.452 e.